The van der Waals surface area contributed by atoms with E-state index in [1.807, 2.05) is 0 Å². The van der Waals surface area contributed by atoms with E-state index < -0.39 is 36.4 Å². The Morgan fingerprint density at radius 1 is 1.31 bits per heavy atom. The van der Waals surface area contributed by atoms with Gasteiger partial charge in [0.25, 0.3) is 0 Å². The van der Waals surface area contributed by atoms with Crippen LogP contribution >= 0.6 is 0 Å². The maximum absolute atomic E-state index is 11.3. The number of amides is 1. The van der Waals surface area contributed by atoms with Gasteiger partial charge in [0, 0.05) is 7.11 Å². The van der Waals surface area contributed by atoms with Gasteiger partial charge in [0.2, 0.25) is 5.91 Å². The molecule has 0 fully saturated rings. The van der Waals surface area contributed by atoms with Crippen LogP contribution in [0.15, 0.2) is 0 Å². The van der Waals surface area contributed by atoms with E-state index in [1.54, 1.807) is 0 Å². The largest absolute Gasteiger partial charge is 0.480 e. The average molecular weight is 233 g/mol. The van der Waals surface area contributed by atoms with Crippen molar-refractivity contribution in [3.63, 3.8) is 0 Å². The van der Waals surface area contributed by atoms with Gasteiger partial charge in [-0.05, 0) is 6.92 Å². The van der Waals surface area contributed by atoms with E-state index in [2.05, 4.69) is 10.1 Å². The van der Waals surface area contributed by atoms with Gasteiger partial charge in [-0.3, -0.25) is 9.59 Å². The highest BCUT2D eigenvalue weighted by Gasteiger charge is 2.25. The van der Waals surface area contributed by atoms with Crippen molar-refractivity contribution in [2.24, 2.45) is 0 Å². The topological polar surface area (TPSA) is 102 Å². The smallest absolute Gasteiger partial charge is 0.326 e. The summed E-state index contributed by atoms with van der Waals surface area (Å²) in [4.78, 5) is 32.9. The van der Waals surface area contributed by atoms with E-state index in [1.165, 1.54) is 14.0 Å². The van der Waals surface area contributed by atoms with E-state index in [9.17, 15) is 14.4 Å². The van der Waals surface area contributed by atoms with E-state index in [-0.39, 0.29) is 0 Å². The molecule has 0 saturated carbocycles. The number of carbonyl (C=O) groups excluding carboxylic acids is 2. The number of ether oxygens (including phenoxy) is 2. The maximum atomic E-state index is 11.3. The fourth-order valence-electron chi connectivity index (χ4n) is 0.846. The van der Waals surface area contributed by atoms with E-state index in [4.69, 9.17) is 9.84 Å². The Bertz CT molecular complexity index is 277. The van der Waals surface area contributed by atoms with Crippen molar-refractivity contribution >= 4 is 17.8 Å². The Kier molecular flexibility index (Phi) is 6.09. The Hall–Kier alpha value is -1.63. The second kappa shape index (κ2) is 6.78. The molecule has 0 aromatic rings. The van der Waals surface area contributed by atoms with Crippen LogP contribution in [0.4, 0.5) is 0 Å². The van der Waals surface area contributed by atoms with Crippen LogP contribution in [-0.4, -0.2) is 49.3 Å². The minimum atomic E-state index is -1.31. The summed E-state index contributed by atoms with van der Waals surface area (Å²) in [6, 6.07) is -1.31. The number of hydrogen-bond acceptors (Lipinski definition) is 5. The molecule has 7 nitrogen and oxygen atoms in total. The summed E-state index contributed by atoms with van der Waals surface area (Å²) in [5, 5.41) is 10.9. The quantitative estimate of drug-likeness (QED) is 0.579. The van der Waals surface area contributed by atoms with Crippen molar-refractivity contribution in [2.45, 2.75) is 25.5 Å². The number of aliphatic carboxylic acids is 1. The summed E-state index contributed by atoms with van der Waals surface area (Å²) in [5.41, 5.74) is 0. The number of nitrogens with one attached hydrogen (secondary N) is 1. The molecule has 2 atom stereocenters. The lowest BCUT2D eigenvalue weighted by atomic mass is 10.2. The molecule has 0 rings (SSSR count). The zero-order chi connectivity index (χ0) is 12.7. The summed E-state index contributed by atoms with van der Waals surface area (Å²) in [6.07, 6.45) is -1.20. The Morgan fingerprint density at radius 3 is 2.25 bits per heavy atom. The van der Waals surface area contributed by atoms with Crippen LogP contribution in [-0.2, 0) is 23.9 Å². The number of carbonyl (C=O) groups is 3. The minimum Gasteiger partial charge on any atom is -0.480 e. The molecule has 7 heteroatoms. The third-order valence-electron chi connectivity index (χ3n) is 1.94. The molecule has 92 valence electrons. The molecule has 0 bridgehead atoms. The van der Waals surface area contributed by atoms with Crippen LogP contribution < -0.4 is 5.32 Å². The Balaban J connectivity index is 4.40. The number of hydrogen-bond donors (Lipinski definition) is 2. The van der Waals surface area contributed by atoms with Gasteiger partial charge in [0.05, 0.1) is 13.5 Å². The van der Waals surface area contributed by atoms with Gasteiger partial charge in [-0.15, -0.1) is 0 Å². The summed E-state index contributed by atoms with van der Waals surface area (Å²) in [6.45, 7) is 1.46. The molecular formula is C9H15NO6. The van der Waals surface area contributed by atoms with Gasteiger partial charge < -0.3 is 19.9 Å². The second-order valence-corrected chi connectivity index (χ2v) is 3.06. The highest BCUT2D eigenvalue weighted by Crippen LogP contribution is 1.97. The zero-order valence-electron chi connectivity index (χ0n) is 9.35. The van der Waals surface area contributed by atoms with Crippen LogP contribution in [0, 0.1) is 0 Å². The lowest BCUT2D eigenvalue weighted by Gasteiger charge is -2.15. The third kappa shape index (κ3) is 4.74. The summed E-state index contributed by atoms with van der Waals surface area (Å²) >= 11 is 0. The minimum absolute atomic E-state index is 0.423. The first-order chi connectivity index (χ1) is 7.42. The number of esters is 1. The predicted molar refractivity (Wildman–Crippen MR) is 52.7 cm³/mol. The highest BCUT2D eigenvalue weighted by atomic mass is 16.5. The summed E-state index contributed by atoms with van der Waals surface area (Å²) in [7, 11) is 2.46. The fraction of sp³-hybridized carbons (Fsp3) is 0.667. The van der Waals surface area contributed by atoms with Gasteiger partial charge in [-0.1, -0.05) is 0 Å². The first-order valence-corrected chi connectivity index (χ1v) is 4.55. The van der Waals surface area contributed by atoms with Crippen molar-refractivity contribution < 1.29 is 29.0 Å². The van der Waals surface area contributed by atoms with Crippen molar-refractivity contribution in [3.8, 4) is 0 Å². The lowest BCUT2D eigenvalue weighted by Crippen LogP contribution is -2.46. The Morgan fingerprint density at radius 2 is 1.88 bits per heavy atom. The monoisotopic (exact) mass is 233 g/mol. The van der Waals surface area contributed by atoms with Crippen LogP contribution in [0.2, 0.25) is 0 Å². The number of carboxylic acids is 1. The molecule has 0 aliphatic heterocycles. The van der Waals surface area contributed by atoms with Crippen molar-refractivity contribution in [1.29, 1.82) is 0 Å². The third-order valence-corrected chi connectivity index (χ3v) is 1.94. The molecule has 0 saturated heterocycles. The predicted octanol–water partition coefficient (Wildman–Crippen LogP) is -0.846. The maximum Gasteiger partial charge on any atom is 0.326 e. The zero-order valence-corrected chi connectivity index (χ0v) is 9.35. The first-order valence-electron chi connectivity index (χ1n) is 4.55. The number of rotatable bonds is 6. The molecule has 16 heavy (non-hydrogen) atoms. The van der Waals surface area contributed by atoms with Gasteiger partial charge in [0.1, 0.15) is 12.1 Å². The molecule has 1 amide bonds. The molecule has 0 aliphatic rings. The van der Waals surface area contributed by atoms with Crippen LogP contribution in [0.5, 0.6) is 0 Å². The SMILES string of the molecule is COC(=O)C[C@H](NC(=O)C(C)OC)C(=O)O. The van der Waals surface area contributed by atoms with Crippen LogP contribution in [0.1, 0.15) is 13.3 Å². The number of methoxy groups -OCH3 is 2. The molecule has 0 aromatic heterocycles. The van der Waals surface area contributed by atoms with Gasteiger partial charge >= 0.3 is 11.9 Å². The van der Waals surface area contributed by atoms with Gasteiger partial charge in [-0.2, -0.15) is 0 Å². The molecule has 0 heterocycles. The first kappa shape index (κ1) is 14.4. The molecule has 0 aliphatic carbocycles. The normalized spacial score (nSPS) is 13.7. The summed E-state index contributed by atoms with van der Waals surface area (Å²) < 4.78 is 9.02. The van der Waals surface area contributed by atoms with Crippen LogP contribution in [0.3, 0.4) is 0 Å². The molecule has 0 radical (unpaired) electrons. The van der Waals surface area contributed by atoms with E-state index in [0.717, 1.165) is 7.11 Å². The lowest BCUT2D eigenvalue weighted by molar-refractivity contribution is -0.149. The number of carboxylic acid groups (broad SMARTS) is 1. The van der Waals surface area contributed by atoms with Crippen molar-refractivity contribution in [2.75, 3.05) is 14.2 Å². The van der Waals surface area contributed by atoms with Crippen molar-refractivity contribution in [1.82, 2.24) is 5.32 Å². The van der Waals surface area contributed by atoms with Gasteiger partial charge in [0.15, 0.2) is 0 Å². The van der Waals surface area contributed by atoms with E-state index >= 15 is 0 Å². The van der Waals surface area contributed by atoms with E-state index in [0.29, 0.717) is 0 Å². The molecular weight excluding hydrogens is 218 g/mol. The molecule has 0 aromatic carbocycles. The fourth-order valence-corrected chi connectivity index (χ4v) is 0.846. The second-order valence-electron chi connectivity index (χ2n) is 3.06. The average Bonchev–Trinajstić information content (AvgIpc) is 2.26. The van der Waals surface area contributed by atoms with Crippen molar-refractivity contribution in [3.05, 3.63) is 0 Å². The standard InChI is InChI=1S/C9H15NO6/c1-5(15-2)8(12)10-6(9(13)14)4-7(11)16-3/h5-6H,4H2,1-3H3,(H,10,12)(H,13,14)/t5?,6-/m0/s1. The Labute approximate surface area is 92.7 Å². The molecule has 2 N–H and O–H groups in total. The van der Waals surface area contributed by atoms with Gasteiger partial charge in [-0.25, -0.2) is 4.79 Å². The molecule has 1 unspecified atom stereocenters. The summed E-state index contributed by atoms with van der Waals surface area (Å²) in [5.74, 6) is -2.61. The molecule has 0 spiro atoms. The highest BCUT2D eigenvalue weighted by molar-refractivity contribution is 5.88. The van der Waals surface area contributed by atoms with Crippen LogP contribution in [0.25, 0.3) is 0 Å².